The maximum Gasteiger partial charge on any atom is 0.387 e. The van der Waals surface area contributed by atoms with Gasteiger partial charge in [0.05, 0.1) is 8.81 Å². The number of alkyl halides is 2. The quantitative estimate of drug-likeness (QED) is 0.835. The van der Waals surface area contributed by atoms with Gasteiger partial charge in [0.15, 0.2) is 0 Å². The maximum absolute atomic E-state index is 12.1. The van der Waals surface area contributed by atoms with E-state index < -0.39 is 12.7 Å². The van der Waals surface area contributed by atoms with E-state index in [4.69, 9.17) is 11.6 Å². The van der Waals surface area contributed by atoms with E-state index in [0.717, 1.165) is 0 Å². The summed E-state index contributed by atoms with van der Waals surface area (Å²) >= 11 is 10.4. The van der Waals surface area contributed by atoms with Crippen molar-refractivity contribution in [2.75, 3.05) is 0 Å². The first kappa shape index (κ1) is 14.7. The smallest absolute Gasteiger partial charge is 0.387 e. The average Bonchev–Trinajstić information content (AvgIpc) is 2.68. The van der Waals surface area contributed by atoms with Crippen molar-refractivity contribution in [1.29, 1.82) is 0 Å². The molecule has 0 spiro atoms. The van der Waals surface area contributed by atoms with E-state index in [1.807, 2.05) is 0 Å². The molecular weight excluding hydrogens is 362 g/mol. The molecule has 1 aromatic heterocycles. The van der Waals surface area contributed by atoms with Crippen LogP contribution in [0.25, 0.3) is 0 Å². The van der Waals surface area contributed by atoms with Gasteiger partial charge in [-0.3, -0.25) is 0 Å². The van der Waals surface area contributed by atoms with E-state index in [-0.39, 0.29) is 5.75 Å². The fourth-order valence-corrected chi connectivity index (χ4v) is 3.28. The molecule has 0 saturated carbocycles. The van der Waals surface area contributed by atoms with Gasteiger partial charge in [-0.15, -0.1) is 11.3 Å². The van der Waals surface area contributed by atoms with Crippen molar-refractivity contribution in [3.05, 3.63) is 49.6 Å². The minimum Gasteiger partial charge on any atom is -0.435 e. The van der Waals surface area contributed by atoms with Gasteiger partial charge in [0.2, 0.25) is 0 Å². The van der Waals surface area contributed by atoms with Crippen LogP contribution in [-0.4, -0.2) is 11.7 Å². The van der Waals surface area contributed by atoms with Gasteiger partial charge in [-0.1, -0.05) is 23.7 Å². The highest BCUT2D eigenvalue weighted by molar-refractivity contribution is 9.11. The van der Waals surface area contributed by atoms with Crippen molar-refractivity contribution in [2.24, 2.45) is 0 Å². The first-order valence-electron chi connectivity index (χ1n) is 5.15. The summed E-state index contributed by atoms with van der Waals surface area (Å²) < 4.78 is 29.3. The Balaban J connectivity index is 2.25. The Kier molecular flexibility index (Phi) is 4.78. The molecule has 2 rings (SSSR count). The maximum atomic E-state index is 12.1. The first-order chi connectivity index (χ1) is 8.97. The molecule has 2 nitrogen and oxygen atoms in total. The number of hydrogen-bond donors (Lipinski definition) is 1. The zero-order valence-electron chi connectivity index (χ0n) is 9.32. The molecule has 1 heterocycles. The molecule has 1 atom stereocenters. The number of halogens is 4. The zero-order valence-corrected chi connectivity index (χ0v) is 12.5. The van der Waals surface area contributed by atoms with Gasteiger partial charge in [0.25, 0.3) is 0 Å². The van der Waals surface area contributed by atoms with Crippen molar-refractivity contribution >= 4 is 38.9 Å². The summed E-state index contributed by atoms with van der Waals surface area (Å²) in [5.41, 5.74) is 0.462. The van der Waals surface area contributed by atoms with E-state index in [1.165, 1.54) is 23.5 Å². The van der Waals surface area contributed by atoms with Crippen molar-refractivity contribution in [3.63, 3.8) is 0 Å². The van der Waals surface area contributed by atoms with E-state index in [2.05, 4.69) is 20.7 Å². The highest BCUT2D eigenvalue weighted by Crippen LogP contribution is 2.37. The number of hydrogen-bond acceptors (Lipinski definition) is 3. The third-order valence-electron chi connectivity index (χ3n) is 2.33. The lowest BCUT2D eigenvalue weighted by Crippen LogP contribution is -2.03. The molecule has 2 aromatic rings. The summed E-state index contributed by atoms with van der Waals surface area (Å²) in [6, 6.07) is 7.57. The molecule has 1 unspecified atom stereocenters. The van der Waals surface area contributed by atoms with Crippen molar-refractivity contribution in [3.8, 4) is 5.75 Å². The number of aliphatic hydroxyl groups excluding tert-OH is 1. The molecule has 0 aliphatic heterocycles. The van der Waals surface area contributed by atoms with Crippen LogP contribution in [0.4, 0.5) is 8.78 Å². The summed E-state index contributed by atoms with van der Waals surface area (Å²) in [6.07, 6.45) is -0.935. The Bertz CT molecular complexity index is 557. The lowest BCUT2D eigenvalue weighted by Gasteiger charge is -2.11. The monoisotopic (exact) mass is 368 g/mol. The van der Waals surface area contributed by atoms with E-state index in [1.54, 1.807) is 18.2 Å². The molecule has 0 aliphatic rings. The first-order valence-corrected chi connectivity index (χ1v) is 7.13. The molecule has 0 amide bonds. The van der Waals surface area contributed by atoms with Crippen LogP contribution in [0.1, 0.15) is 16.5 Å². The zero-order chi connectivity index (χ0) is 14.0. The van der Waals surface area contributed by atoms with Crippen molar-refractivity contribution in [2.45, 2.75) is 12.7 Å². The molecule has 0 radical (unpaired) electrons. The number of benzene rings is 1. The Morgan fingerprint density at radius 1 is 1.32 bits per heavy atom. The molecule has 1 aromatic carbocycles. The van der Waals surface area contributed by atoms with Crippen LogP contribution in [0.5, 0.6) is 5.75 Å². The number of aliphatic hydroxyl groups is 1. The number of ether oxygens (including phenoxy) is 1. The normalized spacial score (nSPS) is 12.7. The summed E-state index contributed by atoms with van der Waals surface area (Å²) in [4.78, 5) is 0.617. The molecule has 0 fully saturated rings. The van der Waals surface area contributed by atoms with Crippen LogP contribution >= 0.6 is 38.9 Å². The molecule has 0 aliphatic carbocycles. The Morgan fingerprint density at radius 2 is 2.05 bits per heavy atom. The summed E-state index contributed by atoms with van der Waals surface area (Å²) in [5.74, 6) is 0.00766. The van der Waals surface area contributed by atoms with Crippen molar-refractivity contribution < 1.29 is 18.6 Å². The Labute approximate surface area is 125 Å². The molecule has 19 heavy (non-hydrogen) atoms. The third kappa shape index (κ3) is 3.66. The molecule has 102 valence electrons. The van der Waals surface area contributed by atoms with Crippen molar-refractivity contribution in [1.82, 2.24) is 0 Å². The third-order valence-corrected chi connectivity index (χ3v) is 4.86. The molecule has 0 bridgehead atoms. The van der Waals surface area contributed by atoms with Crippen LogP contribution < -0.4 is 4.74 Å². The van der Waals surface area contributed by atoms with Crippen LogP contribution in [0.3, 0.4) is 0 Å². The second-order valence-electron chi connectivity index (χ2n) is 3.62. The lowest BCUT2D eigenvalue weighted by atomic mass is 10.1. The second-order valence-corrected chi connectivity index (χ2v) is 6.43. The average molecular weight is 370 g/mol. The Hall–Kier alpha value is -0.690. The van der Waals surface area contributed by atoms with Crippen LogP contribution in [-0.2, 0) is 0 Å². The summed E-state index contributed by atoms with van der Waals surface area (Å²) in [5, 5.41) is 10.7. The van der Waals surface area contributed by atoms with Gasteiger partial charge in [0, 0.05) is 4.88 Å². The van der Waals surface area contributed by atoms with E-state index >= 15 is 0 Å². The van der Waals surface area contributed by atoms with Gasteiger partial charge in [-0.25, -0.2) is 0 Å². The van der Waals surface area contributed by atoms with Gasteiger partial charge in [-0.05, 0) is 39.7 Å². The topological polar surface area (TPSA) is 29.5 Å². The van der Waals surface area contributed by atoms with E-state index in [9.17, 15) is 13.9 Å². The van der Waals surface area contributed by atoms with Crippen LogP contribution in [0.2, 0.25) is 5.02 Å². The molecule has 1 N–H and O–H groups in total. The fraction of sp³-hybridized carbons (Fsp3) is 0.167. The molecular formula is C12H8BrClF2O2S. The Morgan fingerprint density at radius 3 is 2.63 bits per heavy atom. The van der Waals surface area contributed by atoms with Crippen LogP contribution in [0.15, 0.2) is 34.1 Å². The predicted molar refractivity (Wildman–Crippen MR) is 74.2 cm³/mol. The lowest BCUT2D eigenvalue weighted by molar-refractivity contribution is -0.0499. The minimum absolute atomic E-state index is 0.00766. The minimum atomic E-state index is -2.89. The van der Waals surface area contributed by atoms with Gasteiger partial charge in [0.1, 0.15) is 11.9 Å². The van der Waals surface area contributed by atoms with Crippen LogP contribution in [0, 0.1) is 0 Å². The number of rotatable bonds is 4. The number of thiophene rings is 1. The second kappa shape index (κ2) is 6.17. The van der Waals surface area contributed by atoms with Gasteiger partial charge < -0.3 is 9.84 Å². The van der Waals surface area contributed by atoms with E-state index in [0.29, 0.717) is 19.2 Å². The highest BCUT2D eigenvalue weighted by atomic mass is 79.9. The molecule has 7 heteroatoms. The standard InChI is InChI=1S/C12H8BrClF2O2S/c13-11-8(14)5-9(19-11)10(17)6-2-1-3-7(4-6)18-12(15)16/h1-5,10,12,17H. The fourth-order valence-electron chi connectivity index (χ4n) is 1.52. The van der Waals surface area contributed by atoms with Gasteiger partial charge in [-0.2, -0.15) is 8.78 Å². The summed E-state index contributed by atoms with van der Waals surface area (Å²) in [6.45, 7) is -2.89. The highest BCUT2D eigenvalue weighted by Gasteiger charge is 2.16. The summed E-state index contributed by atoms with van der Waals surface area (Å²) in [7, 11) is 0. The largest absolute Gasteiger partial charge is 0.435 e. The SMILES string of the molecule is OC(c1cccc(OC(F)F)c1)c1cc(Cl)c(Br)s1. The van der Waals surface area contributed by atoms with Gasteiger partial charge >= 0.3 is 6.61 Å². The predicted octanol–water partition coefficient (Wildman–Crippen LogP) is 4.85. The molecule has 0 saturated heterocycles.